The Labute approximate surface area is 199 Å². The molecule has 3 atom stereocenters. The molecule has 0 radical (unpaired) electrons. The molecule has 1 unspecified atom stereocenters. The van der Waals surface area contributed by atoms with E-state index < -0.39 is 20.0 Å². The van der Waals surface area contributed by atoms with Gasteiger partial charge in [-0.05, 0) is 29.9 Å². The van der Waals surface area contributed by atoms with Crippen LogP contribution in [-0.2, 0) is 15.5 Å². The van der Waals surface area contributed by atoms with Crippen LogP contribution in [0.1, 0.15) is 62.6 Å². The van der Waals surface area contributed by atoms with Crippen LogP contribution in [0.15, 0.2) is 29.3 Å². The Morgan fingerprint density at radius 1 is 1.27 bits per heavy atom. The first kappa shape index (κ1) is 26.8. The summed E-state index contributed by atoms with van der Waals surface area (Å²) in [6.45, 7) is 2.13. The minimum atomic E-state index is -4.88. The fourth-order valence-electron chi connectivity index (χ4n) is 3.06. The maximum atomic E-state index is 12.1. The summed E-state index contributed by atoms with van der Waals surface area (Å²) in [6.07, 6.45) is 4.97. The summed E-state index contributed by atoms with van der Waals surface area (Å²) in [6, 6.07) is 6.63. The van der Waals surface area contributed by atoms with Crippen molar-refractivity contribution in [1.82, 2.24) is 0 Å². The summed E-state index contributed by atoms with van der Waals surface area (Å²) >= 11 is 0. The summed E-state index contributed by atoms with van der Waals surface area (Å²) in [5, 5.41) is 12.1. The van der Waals surface area contributed by atoms with Crippen molar-refractivity contribution in [2.24, 2.45) is 4.99 Å². The zero-order valence-electron chi connectivity index (χ0n) is 15.9. The first-order valence-electron chi connectivity index (χ1n) is 8.44. The van der Waals surface area contributed by atoms with Gasteiger partial charge in [-0.2, -0.15) is 0 Å². The van der Waals surface area contributed by atoms with E-state index in [2.05, 4.69) is 11.9 Å². The molecular formula is C17H24NNa2O5P. The predicted octanol–water partition coefficient (Wildman–Crippen LogP) is -3.74. The summed E-state index contributed by atoms with van der Waals surface area (Å²) in [4.78, 5) is 24.2. The van der Waals surface area contributed by atoms with Crippen LogP contribution >= 0.6 is 7.82 Å². The van der Waals surface area contributed by atoms with Crippen LogP contribution in [0.3, 0.4) is 0 Å². The maximum absolute atomic E-state index is 12.1. The molecule has 1 aromatic rings. The Morgan fingerprint density at radius 2 is 1.92 bits per heavy atom. The number of fused-ring (bicyclic) bond motifs is 1. The smallest absolute Gasteiger partial charge is 0.862 e. The number of hydrogen-bond acceptors (Lipinski definition) is 5. The number of phosphoric acid groups is 1. The molecule has 1 aliphatic rings. The molecule has 0 heterocycles. The molecule has 0 aromatic heterocycles. The third-order valence-electron chi connectivity index (χ3n) is 4.19. The van der Waals surface area contributed by atoms with Crippen molar-refractivity contribution in [2.75, 3.05) is 0 Å². The van der Waals surface area contributed by atoms with Gasteiger partial charge in [0.05, 0.1) is 6.10 Å². The van der Waals surface area contributed by atoms with E-state index in [1.807, 2.05) is 24.3 Å². The van der Waals surface area contributed by atoms with E-state index in [0.29, 0.717) is 12.8 Å². The minimum absolute atomic E-state index is 0. The molecule has 2 rings (SSSR count). The molecule has 0 aliphatic heterocycles. The van der Waals surface area contributed by atoms with E-state index in [4.69, 9.17) is 9.42 Å². The number of unbranched alkanes of at least 4 members (excludes halogenated alkanes) is 4. The van der Waals surface area contributed by atoms with Gasteiger partial charge in [0.15, 0.2) is 0 Å². The molecule has 0 fully saturated rings. The van der Waals surface area contributed by atoms with Gasteiger partial charge in [-0.1, -0.05) is 56.9 Å². The van der Waals surface area contributed by atoms with Crippen LogP contribution in [0.25, 0.3) is 0 Å². The van der Waals surface area contributed by atoms with Crippen molar-refractivity contribution in [3.8, 4) is 0 Å². The number of rotatable bonds is 9. The topological polar surface area (TPSA) is 105 Å². The zero-order valence-corrected chi connectivity index (χ0v) is 20.8. The number of aliphatic imine (C=N–C) groups is 1. The molecule has 26 heavy (non-hydrogen) atoms. The van der Waals surface area contributed by atoms with Gasteiger partial charge in [-0.15, -0.1) is 0 Å². The Balaban J connectivity index is 0.00000312. The van der Waals surface area contributed by atoms with Gasteiger partial charge >= 0.3 is 59.1 Å². The van der Waals surface area contributed by atoms with Gasteiger partial charge in [-0.3, -0.25) is 9.56 Å². The van der Waals surface area contributed by atoms with Gasteiger partial charge in [-0.25, -0.2) is 0 Å². The second-order valence-corrected chi connectivity index (χ2v) is 7.30. The molecule has 1 aromatic carbocycles. The Kier molecular flexibility index (Phi) is 13.5. The SMILES string of the molecule is CCCCCCCC([O-])=N[C@@H]1c2ccccc2C[C@@H]1OP(=O)([O-])O.[Na+].[Na+]. The Morgan fingerprint density at radius 3 is 2.58 bits per heavy atom. The summed E-state index contributed by atoms with van der Waals surface area (Å²) in [5.41, 5.74) is 1.68. The van der Waals surface area contributed by atoms with E-state index in [-0.39, 0.29) is 65.0 Å². The first-order valence-corrected chi connectivity index (χ1v) is 9.94. The monoisotopic (exact) mass is 399 g/mol. The molecule has 0 saturated carbocycles. The molecule has 9 heteroatoms. The van der Waals surface area contributed by atoms with Crippen LogP contribution in [0.5, 0.6) is 0 Å². The van der Waals surface area contributed by atoms with E-state index in [9.17, 15) is 14.6 Å². The van der Waals surface area contributed by atoms with Crippen molar-refractivity contribution < 1.29 is 83.1 Å². The predicted molar refractivity (Wildman–Crippen MR) is 88.4 cm³/mol. The standard InChI is InChI=1S/C17H26NO5P.2Na/c1-2-3-4-5-6-11-16(19)18-17-14-10-8-7-9-13(14)12-15(17)23-24(20,21)22;;/h7-10,15,17H,2-6,11-12H2,1H3,(H,18,19)(H2,20,21,22);;/q;2*+1/p-2/t15-,17+;;/m0../s1. The molecule has 0 bridgehead atoms. The zero-order chi connectivity index (χ0) is 17.6. The number of phosphoric ester groups is 1. The van der Waals surface area contributed by atoms with Crippen molar-refractivity contribution in [3.63, 3.8) is 0 Å². The molecular weight excluding hydrogens is 375 g/mol. The average Bonchev–Trinajstić information content (AvgIpc) is 2.83. The number of nitrogens with zero attached hydrogens (tertiary/aromatic N) is 1. The first-order chi connectivity index (χ1) is 11.4. The molecule has 1 N–H and O–H groups in total. The molecule has 134 valence electrons. The van der Waals surface area contributed by atoms with Crippen LogP contribution < -0.4 is 69.1 Å². The van der Waals surface area contributed by atoms with Gasteiger partial charge in [0.2, 0.25) is 0 Å². The van der Waals surface area contributed by atoms with E-state index >= 15 is 0 Å². The average molecular weight is 399 g/mol. The van der Waals surface area contributed by atoms with Crippen molar-refractivity contribution in [1.29, 1.82) is 0 Å². The quantitative estimate of drug-likeness (QED) is 0.151. The number of hydrogen-bond donors (Lipinski definition) is 1. The van der Waals surface area contributed by atoms with Gasteiger partial charge in [0.1, 0.15) is 6.04 Å². The number of benzene rings is 1. The minimum Gasteiger partial charge on any atom is -0.862 e. The third-order valence-corrected chi connectivity index (χ3v) is 4.73. The summed E-state index contributed by atoms with van der Waals surface area (Å²) in [5.74, 6) is -0.250. The van der Waals surface area contributed by atoms with Crippen molar-refractivity contribution in [3.05, 3.63) is 35.4 Å². The molecule has 0 spiro atoms. The van der Waals surface area contributed by atoms with E-state index in [0.717, 1.165) is 43.2 Å². The van der Waals surface area contributed by atoms with Gasteiger partial charge in [0.25, 0.3) is 7.82 Å². The normalized spacial score (nSPS) is 21.3. The van der Waals surface area contributed by atoms with E-state index in [1.165, 1.54) is 0 Å². The fraction of sp³-hybridized carbons (Fsp3) is 0.588. The molecule has 1 aliphatic carbocycles. The van der Waals surface area contributed by atoms with Crippen LogP contribution in [0.4, 0.5) is 0 Å². The van der Waals surface area contributed by atoms with Crippen molar-refractivity contribution >= 4 is 13.7 Å². The summed E-state index contributed by atoms with van der Waals surface area (Å²) < 4.78 is 15.8. The van der Waals surface area contributed by atoms with Gasteiger partial charge in [0, 0.05) is 6.42 Å². The maximum Gasteiger partial charge on any atom is 1.00 e. The largest absolute Gasteiger partial charge is 1.00 e. The van der Waals surface area contributed by atoms with Crippen LogP contribution in [0, 0.1) is 0 Å². The Hall–Kier alpha value is 0.800. The second kappa shape index (κ2) is 13.1. The van der Waals surface area contributed by atoms with Gasteiger partial charge < -0.3 is 19.4 Å². The molecule has 0 amide bonds. The molecule has 6 nitrogen and oxygen atoms in total. The van der Waals surface area contributed by atoms with Crippen molar-refractivity contribution in [2.45, 2.75) is 64.0 Å². The molecule has 0 saturated heterocycles. The van der Waals surface area contributed by atoms with Crippen LogP contribution in [-0.4, -0.2) is 16.9 Å². The summed E-state index contributed by atoms with van der Waals surface area (Å²) in [7, 11) is -4.88. The van der Waals surface area contributed by atoms with Crippen LogP contribution in [0.2, 0.25) is 0 Å². The third kappa shape index (κ3) is 8.87. The Bertz CT molecular complexity index is 623. The van der Waals surface area contributed by atoms with E-state index in [1.54, 1.807) is 0 Å². The second-order valence-electron chi connectivity index (χ2n) is 6.15. The fourth-order valence-corrected chi connectivity index (χ4v) is 3.59.